The SMILES string of the molecule is Cc1cccc(OCCCn2c(CNC(=O)/C=C\c3ccccc3)nc3ccccc32)c1C. The second kappa shape index (κ2) is 10.6. The molecular formula is C28H29N3O2. The minimum absolute atomic E-state index is 0.143. The Morgan fingerprint density at radius 1 is 1.00 bits per heavy atom. The van der Waals surface area contributed by atoms with E-state index in [9.17, 15) is 4.79 Å². The molecule has 4 aromatic rings. The first-order valence-electron chi connectivity index (χ1n) is 11.3. The number of imidazole rings is 1. The number of aromatic nitrogens is 2. The smallest absolute Gasteiger partial charge is 0.244 e. The van der Waals surface area contributed by atoms with Crippen molar-refractivity contribution in [3.05, 3.63) is 101 Å². The first-order chi connectivity index (χ1) is 16.1. The summed E-state index contributed by atoms with van der Waals surface area (Å²) in [5, 5.41) is 2.96. The molecule has 5 heteroatoms. The number of fused-ring (bicyclic) bond motifs is 1. The Hall–Kier alpha value is -3.86. The van der Waals surface area contributed by atoms with E-state index in [2.05, 4.69) is 35.9 Å². The van der Waals surface area contributed by atoms with E-state index in [1.54, 1.807) is 6.08 Å². The summed E-state index contributed by atoms with van der Waals surface area (Å²) in [7, 11) is 0. The van der Waals surface area contributed by atoms with Crippen LogP contribution >= 0.6 is 0 Å². The van der Waals surface area contributed by atoms with Crippen molar-refractivity contribution in [2.75, 3.05) is 6.61 Å². The lowest BCUT2D eigenvalue weighted by Crippen LogP contribution is -2.23. The molecule has 1 amide bonds. The van der Waals surface area contributed by atoms with Crippen molar-refractivity contribution in [3.8, 4) is 5.75 Å². The van der Waals surface area contributed by atoms with Crippen LogP contribution in [-0.4, -0.2) is 22.1 Å². The topological polar surface area (TPSA) is 56.1 Å². The molecule has 0 saturated heterocycles. The number of rotatable bonds is 9. The molecule has 5 nitrogen and oxygen atoms in total. The van der Waals surface area contributed by atoms with Crippen LogP contribution in [-0.2, 0) is 17.9 Å². The number of amides is 1. The molecule has 1 heterocycles. The summed E-state index contributed by atoms with van der Waals surface area (Å²) < 4.78 is 8.20. The van der Waals surface area contributed by atoms with Gasteiger partial charge in [0.05, 0.1) is 24.2 Å². The molecule has 0 atom stereocenters. The highest BCUT2D eigenvalue weighted by atomic mass is 16.5. The maximum Gasteiger partial charge on any atom is 0.244 e. The Balaban J connectivity index is 1.39. The van der Waals surface area contributed by atoms with Gasteiger partial charge in [-0.15, -0.1) is 0 Å². The van der Waals surface area contributed by atoms with Gasteiger partial charge in [-0.05, 0) is 61.2 Å². The molecule has 3 aromatic carbocycles. The van der Waals surface area contributed by atoms with Crippen molar-refractivity contribution < 1.29 is 9.53 Å². The van der Waals surface area contributed by atoms with Gasteiger partial charge in [0.15, 0.2) is 0 Å². The van der Waals surface area contributed by atoms with Gasteiger partial charge in [-0.25, -0.2) is 4.98 Å². The van der Waals surface area contributed by atoms with E-state index in [-0.39, 0.29) is 5.91 Å². The number of ether oxygens (including phenoxy) is 1. The average molecular weight is 440 g/mol. The first-order valence-corrected chi connectivity index (χ1v) is 11.3. The van der Waals surface area contributed by atoms with Crippen molar-refractivity contribution in [1.29, 1.82) is 0 Å². The molecule has 0 aliphatic carbocycles. The molecular weight excluding hydrogens is 410 g/mol. The monoisotopic (exact) mass is 439 g/mol. The van der Waals surface area contributed by atoms with E-state index in [0.29, 0.717) is 13.2 Å². The van der Waals surface area contributed by atoms with Gasteiger partial charge in [0.25, 0.3) is 0 Å². The van der Waals surface area contributed by atoms with Crippen molar-refractivity contribution >= 4 is 23.0 Å². The maximum atomic E-state index is 12.3. The van der Waals surface area contributed by atoms with Crippen molar-refractivity contribution in [2.45, 2.75) is 33.4 Å². The molecule has 0 aliphatic heterocycles. The Bertz CT molecular complexity index is 1260. The zero-order valence-electron chi connectivity index (χ0n) is 19.1. The summed E-state index contributed by atoms with van der Waals surface area (Å²) in [5.74, 6) is 1.63. The number of hydrogen-bond acceptors (Lipinski definition) is 3. The molecule has 33 heavy (non-hydrogen) atoms. The summed E-state index contributed by atoms with van der Waals surface area (Å²) in [4.78, 5) is 17.1. The van der Waals surface area contributed by atoms with E-state index >= 15 is 0 Å². The maximum absolute atomic E-state index is 12.3. The number of carbonyl (C=O) groups excluding carboxylic acids is 1. The minimum Gasteiger partial charge on any atom is -0.493 e. The predicted molar refractivity (Wildman–Crippen MR) is 133 cm³/mol. The second-order valence-corrected chi connectivity index (χ2v) is 8.03. The highest BCUT2D eigenvalue weighted by Crippen LogP contribution is 2.21. The fourth-order valence-corrected chi connectivity index (χ4v) is 3.76. The normalized spacial score (nSPS) is 11.2. The number of benzene rings is 3. The van der Waals surface area contributed by atoms with Gasteiger partial charge in [0.2, 0.25) is 5.91 Å². The van der Waals surface area contributed by atoms with Crippen LogP contribution in [0.15, 0.2) is 78.9 Å². The Kier molecular flexibility index (Phi) is 7.20. The molecule has 168 valence electrons. The quantitative estimate of drug-likeness (QED) is 0.279. The molecule has 1 N–H and O–H groups in total. The molecule has 0 spiro atoms. The van der Waals surface area contributed by atoms with Crippen LogP contribution in [0.5, 0.6) is 5.75 Å². The van der Waals surface area contributed by atoms with Gasteiger partial charge in [-0.3, -0.25) is 4.79 Å². The van der Waals surface area contributed by atoms with Gasteiger partial charge in [0, 0.05) is 12.6 Å². The predicted octanol–water partition coefficient (Wildman–Crippen LogP) is 5.45. The highest BCUT2D eigenvalue weighted by Gasteiger charge is 2.11. The van der Waals surface area contributed by atoms with E-state index in [0.717, 1.165) is 41.1 Å². The van der Waals surface area contributed by atoms with Gasteiger partial charge < -0.3 is 14.6 Å². The van der Waals surface area contributed by atoms with Crippen molar-refractivity contribution in [2.24, 2.45) is 0 Å². The molecule has 0 aliphatic rings. The number of nitrogens with zero attached hydrogens (tertiary/aromatic N) is 2. The standard InChI is InChI=1S/C28H29N3O2/c1-21-10-8-15-26(22(21)2)33-19-9-18-31-25-14-7-6-13-24(25)30-27(31)20-29-28(32)17-16-23-11-4-3-5-12-23/h3-8,10-17H,9,18-20H2,1-2H3,(H,29,32)/b17-16-. The van der Waals surface area contributed by atoms with Crippen molar-refractivity contribution in [1.82, 2.24) is 14.9 Å². The molecule has 0 radical (unpaired) electrons. The van der Waals surface area contributed by atoms with Crippen LogP contribution in [0.1, 0.15) is 28.9 Å². The van der Waals surface area contributed by atoms with Gasteiger partial charge in [0.1, 0.15) is 11.6 Å². The van der Waals surface area contributed by atoms with Crippen molar-refractivity contribution in [3.63, 3.8) is 0 Å². The van der Waals surface area contributed by atoms with Crippen LogP contribution in [0.25, 0.3) is 17.1 Å². The van der Waals surface area contributed by atoms with E-state index in [1.165, 1.54) is 11.1 Å². The van der Waals surface area contributed by atoms with Gasteiger partial charge in [-0.1, -0.05) is 54.6 Å². The molecule has 0 fully saturated rings. The fourth-order valence-electron chi connectivity index (χ4n) is 3.76. The molecule has 0 unspecified atom stereocenters. The lowest BCUT2D eigenvalue weighted by atomic mass is 10.1. The minimum atomic E-state index is -0.143. The van der Waals surface area contributed by atoms with Crippen LogP contribution in [0.2, 0.25) is 0 Å². The summed E-state index contributed by atoms with van der Waals surface area (Å²) in [5.41, 5.74) is 5.39. The average Bonchev–Trinajstić information content (AvgIpc) is 3.19. The van der Waals surface area contributed by atoms with E-state index in [4.69, 9.17) is 9.72 Å². The van der Waals surface area contributed by atoms with Gasteiger partial charge in [-0.2, -0.15) is 0 Å². The number of nitrogens with one attached hydrogen (secondary N) is 1. The highest BCUT2D eigenvalue weighted by molar-refractivity contribution is 5.91. The Labute approximate surface area is 194 Å². The number of hydrogen-bond donors (Lipinski definition) is 1. The Morgan fingerprint density at radius 3 is 2.64 bits per heavy atom. The molecule has 4 rings (SSSR count). The summed E-state index contributed by atoms with van der Waals surface area (Å²) in [6, 6.07) is 24.0. The third-order valence-electron chi connectivity index (χ3n) is 5.72. The molecule has 1 aromatic heterocycles. The number of carbonyl (C=O) groups is 1. The largest absolute Gasteiger partial charge is 0.493 e. The fraction of sp³-hybridized carbons (Fsp3) is 0.214. The summed E-state index contributed by atoms with van der Waals surface area (Å²) in [6.45, 7) is 5.92. The Morgan fingerprint density at radius 2 is 1.79 bits per heavy atom. The van der Waals surface area contributed by atoms with E-state index < -0.39 is 0 Å². The van der Waals surface area contributed by atoms with Gasteiger partial charge >= 0.3 is 0 Å². The third-order valence-corrected chi connectivity index (χ3v) is 5.72. The van der Waals surface area contributed by atoms with Crippen LogP contribution < -0.4 is 10.1 Å². The van der Waals surface area contributed by atoms with Crippen LogP contribution in [0, 0.1) is 13.8 Å². The zero-order valence-corrected chi connectivity index (χ0v) is 19.1. The first kappa shape index (κ1) is 22.3. The lowest BCUT2D eigenvalue weighted by molar-refractivity contribution is -0.116. The van der Waals surface area contributed by atoms with Crippen LogP contribution in [0.3, 0.4) is 0 Å². The number of aryl methyl sites for hydroxylation is 2. The molecule has 0 saturated carbocycles. The van der Waals surface area contributed by atoms with E-state index in [1.807, 2.05) is 66.7 Å². The number of para-hydroxylation sites is 2. The summed E-state index contributed by atoms with van der Waals surface area (Å²) in [6.07, 6.45) is 4.20. The lowest BCUT2D eigenvalue weighted by Gasteiger charge is -2.13. The molecule has 0 bridgehead atoms. The summed E-state index contributed by atoms with van der Waals surface area (Å²) >= 11 is 0. The van der Waals surface area contributed by atoms with Crippen LogP contribution in [0.4, 0.5) is 0 Å². The zero-order chi connectivity index (χ0) is 23.0. The second-order valence-electron chi connectivity index (χ2n) is 8.03. The third kappa shape index (κ3) is 5.69.